The number of aryl methyl sites for hydroxylation is 2. The van der Waals surface area contributed by atoms with Crippen molar-refractivity contribution in [1.29, 1.82) is 0 Å². The molecule has 1 fully saturated rings. The minimum absolute atomic E-state index is 0.0595. The van der Waals surface area contributed by atoms with Gasteiger partial charge in [0.15, 0.2) is 0 Å². The van der Waals surface area contributed by atoms with E-state index in [1.165, 1.54) is 27.8 Å². The lowest BCUT2D eigenvalue weighted by Gasteiger charge is -2.34. The van der Waals surface area contributed by atoms with Gasteiger partial charge in [0, 0.05) is 10.9 Å². The average Bonchev–Trinajstić information content (AvgIpc) is 3.01. The molecule has 0 unspecified atom stereocenters. The summed E-state index contributed by atoms with van der Waals surface area (Å²) in [5.74, 6) is 1.03. The Labute approximate surface area is 157 Å². The number of amides is 1. The van der Waals surface area contributed by atoms with Gasteiger partial charge in [-0.3, -0.25) is 14.2 Å². The molecule has 140 valence electrons. The maximum Gasteiger partial charge on any atom is 0.262 e. The van der Waals surface area contributed by atoms with E-state index in [2.05, 4.69) is 24.1 Å². The van der Waals surface area contributed by atoms with E-state index in [4.69, 9.17) is 0 Å². The Hall–Kier alpha value is -1.69. The predicted molar refractivity (Wildman–Crippen MR) is 105 cm³/mol. The molecule has 3 atom stereocenters. The third kappa shape index (κ3) is 3.20. The van der Waals surface area contributed by atoms with E-state index >= 15 is 0 Å². The number of carbonyl (C=O) groups is 1. The molecular formula is C20H27N3O2S. The largest absolute Gasteiger partial charge is 0.352 e. The Kier molecular flexibility index (Phi) is 4.86. The summed E-state index contributed by atoms with van der Waals surface area (Å²) in [6, 6.07) is 0.215. The van der Waals surface area contributed by atoms with E-state index in [0.717, 1.165) is 42.3 Å². The molecule has 2 aliphatic carbocycles. The van der Waals surface area contributed by atoms with Crippen molar-refractivity contribution in [3.8, 4) is 0 Å². The van der Waals surface area contributed by atoms with Crippen molar-refractivity contribution < 1.29 is 4.79 Å². The van der Waals surface area contributed by atoms with E-state index in [9.17, 15) is 9.59 Å². The van der Waals surface area contributed by atoms with Crippen LogP contribution in [0.5, 0.6) is 0 Å². The monoisotopic (exact) mass is 373 g/mol. The maximum atomic E-state index is 13.0. The van der Waals surface area contributed by atoms with Gasteiger partial charge in [-0.05, 0) is 49.5 Å². The van der Waals surface area contributed by atoms with E-state index in [1.807, 2.05) is 0 Å². The molecule has 0 spiro atoms. The molecular weight excluding hydrogens is 346 g/mol. The highest BCUT2D eigenvalue weighted by atomic mass is 32.1. The lowest BCUT2D eigenvalue weighted by atomic mass is 9.78. The fourth-order valence-electron chi connectivity index (χ4n) is 4.49. The Morgan fingerprint density at radius 2 is 2.08 bits per heavy atom. The standard InChI is InChI=1S/C20H27N3O2S/c1-12-6-5-8-15(13(12)2)22-17(24)10-23-11-21-19-18(20(23)25)14-7-3-4-9-16(14)26-19/h11-13,15H,3-10H2,1-2H3,(H,22,24)/t12-,13+,15-/m1/s1. The summed E-state index contributed by atoms with van der Waals surface area (Å²) in [6.07, 6.45) is 9.29. The van der Waals surface area contributed by atoms with Crippen molar-refractivity contribution in [1.82, 2.24) is 14.9 Å². The van der Waals surface area contributed by atoms with Crippen molar-refractivity contribution in [3.63, 3.8) is 0 Å². The first kappa shape index (κ1) is 17.7. The molecule has 1 amide bonds. The van der Waals surface area contributed by atoms with Crippen LogP contribution in [-0.4, -0.2) is 21.5 Å². The van der Waals surface area contributed by atoms with E-state index in [1.54, 1.807) is 17.7 Å². The second-order valence-corrected chi connectivity index (χ2v) is 9.09. The van der Waals surface area contributed by atoms with Crippen LogP contribution in [0.25, 0.3) is 10.2 Å². The van der Waals surface area contributed by atoms with Gasteiger partial charge in [0.1, 0.15) is 11.4 Å². The third-order valence-corrected chi connectivity index (χ3v) is 7.51. The van der Waals surface area contributed by atoms with E-state index in [0.29, 0.717) is 11.8 Å². The topological polar surface area (TPSA) is 64.0 Å². The number of thiophene rings is 1. The molecule has 2 aromatic heterocycles. The minimum atomic E-state index is -0.0803. The second kappa shape index (κ2) is 7.14. The van der Waals surface area contributed by atoms with Crippen LogP contribution in [0.15, 0.2) is 11.1 Å². The lowest BCUT2D eigenvalue weighted by Crippen LogP contribution is -2.45. The number of nitrogens with zero attached hydrogens (tertiary/aromatic N) is 2. The third-order valence-electron chi connectivity index (χ3n) is 6.31. The fourth-order valence-corrected chi connectivity index (χ4v) is 5.71. The van der Waals surface area contributed by atoms with Crippen LogP contribution in [0.3, 0.4) is 0 Å². The Morgan fingerprint density at radius 3 is 2.92 bits per heavy atom. The first-order valence-electron chi connectivity index (χ1n) is 9.83. The fraction of sp³-hybridized carbons (Fsp3) is 0.650. The zero-order valence-electron chi connectivity index (χ0n) is 15.6. The van der Waals surface area contributed by atoms with E-state index in [-0.39, 0.29) is 24.1 Å². The average molecular weight is 374 g/mol. The van der Waals surface area contributed by atoms with Gasteiger partial charge in [-0.15, -0.1) is 11.3 Å². The van der Waals surface area contributed by atoms with Crippen LogP contribution >= 0.6 is 11.3 Å². The molecule has 0 radical (unpaired) electrons. The molecule has 4 rings (SSSR count). The van der Waals surface area contributed by atoms with Crippen LogP contribution < -0.4 is 10.9 Å². The highest BCUT2D eigenvalue weighted by molar-refractivity contribution is 7.18. The van der Waals surface area contributed by atoms with Crippen LogP contribution in [0.1, 0.15) is 56.4 Å². The molecule has 2 aliphatic rings. The van der Waals surface area contributed by atoms with Crippen LogP contribution in [0.4, 0.5) is 0 Å². The number of carbonyl (C=O) groups excluding carboxylic acids is 1. The maximum absolute atomic E-state index is 13.0. The summed E-state index contributed by atoms with van der Waals surface area (Å²) in [6.45, 7) is 4.53. The zero-order chi connectivity index (χ0) is 18.3. The normalized spacial score (nSPS) is 25.8. The van der Waals surface area contributed by atoms with Gasteiger partial charge in [0.2, 0.25) is 5.91 Å². The minimum Gasteiger partial charge on any atom is -0.352 e. The number of rotatable bonds is 3. The van der Waals surface area contributed by atoms with Gasteiger partial charge in [-0.1, -0.05) is 26.7 Å². The number of nitrogens with one attached hydrogen (secondary N) is 1. The smallest absolute Gasteiger partial charge is 0.262 e. The molecule has 0 aromatic carbocycles. The van der Waals surface area contributed by atoms with Crippen molar-refractivity contribution in [3.05, 3.63) is 27.1 Å². The highest BCUT2D eigenvalue weighted by Gasteiger charge is 2.28. The quantitative estimate of drug-likeness (QED) is 0.898. The molecule has 0 saturated heterocycles. The summed E-state index contributed by atoms with van der Waals surface area (Å²) in [7, 11) is 0. The first-order valence-corrected chi connectivity index (χ1v) is 10.7. The Bertz CT molecular complexity index is 885. The Balaban J connectivity index is 1.54. The number of aromatic nitrogens is 2. The number of fused-ring (bicyclic) bond motifs is 3. The van der Waals surface area contributed by atoms with Gasteiger partial charge in [-0.25, -0.2) is 4.98 Å². The molecule has 0 bridgehead atoms. The van der Waals surface area contributed by atoms with Crippen molar-refractivity contribution in [2.24, 2.45) is 11.8 Å². The van der Waals surface area contributed by atoms with Gasteiger partial charge in [0.25, 0.3) is 5.56 Å². The zero-order valence-corrected chi connectivity index (χ0v) is 16.4. The van der Waals surface area contributed by atoms with Gasteiger partial charge in [-0.2, -0.15) is 0 Å². The van der Waals surface area contributed by atoms with Crippen molar-refractivity contribution in [2.45, 2.75) is 71.4 Å². The molecule has 0 aliphatic heterocycles. The van der Waals surface area contributed by atoms with Gasteiger partial charge < -0.3 is 5.32 Å². The van der Waals surface area contributed by atoms with Crippen LogP contribution in [-0.2, 0) is 24.2 Å². The Morgan fingerprint density at radius 1 is 1.27 bits per heavy atom. The molecule has 2 heterocycles. The molecule has 6 heteroatoms. The second-order valence-electron chi connectivity index (χ2n) is 8.01. The first-order chi connectivity index (χ1) is 12.5. The van der Waals surface area contributed by atoms with Crippen molar-refractivity contribution in [2.75, 3.05) is 0 Å². The van der Waals surface area contributed by atoms with Gasteiger partial charge in [0.05, 0.1) is 11.7 Å². The van der Waals surface area contributed by atoms with Gasteiger partial charge >= 0.3 is 0 Å². The summed E-state index contributed by atoms with van der Waals surface area (Å²) in [5.41, 5.74) is 1.12. The molecule has 1 N–H and O–H groups in total. The van der Waals surface area contributed by atoms with Crippen LogP contribution in [0.2, 0.25) is 0 Å². The summed E-state index contributed by atoms with van der Waals surface area (Å²) < 4.78 is 1.48. The molecule has 26 heavy (non-hydrogen) atoms. The number of hydrogen-bond acceptors (Lipinski definition) is 4. The number of hydrogen-bond donors (Lipinski definition) is 1. The summed E-state index contributed by atoms with van der Waals surface area (Å²) >= 11 is 1.65. The predicted octanol–water partition coefficient (Wildman–Crippen LogP) is 3.28. The summed E-state index contributed by atoms with van der Waals surface area (Å²) in [5, 5.41) is 3.90. The SMILES string of the molecule is C[C@H]1[C@H](C)CCC[C@H]1NC(=O)Cn1cnc2sc3c(c2c1=O)CCCC3. The van der Waals surface area contributed by atoms with Crippen LogP contribution in [0, 0.1) is 11.8 Å². The van der Waals surface area contributed by atoms with Crippen molar-refractivity contribution >= 4 is 27.5 Å². The molecule has 1 saturated carbocycles. The van der Waals surface area contributed by atoms with E-state index < -0.39 is 0 Å². The molecule has 2 aromatic rings. The molecule has 5 nitrogen and oxygen atoms in total. The highest BCUT2D eigenvalue weighted by Crippen LogP contribution is 2.33. The lowest BCUT2D eigenvalue weighted by molar-refractivity contribution is -0.123. The summed E-state index contributed by atoms with van der Waals surface area (Å²) in [4.78, 5) is 32.1.